The second-order valence-corrected chi connectivity index (χ2v) is 8.44. The molecule has 0 atom stereocenters. The van der Waals surface area contributed by atoms with Gasteiger partial charge in [0.05, 0.1) is 12.7 Å². The first kappa shape index (κ1) is 17.3. The lowest BCUT2D eigenvalue weighted by atomic mass is 9.49. The maximum absolute atomic E-state index is 13.9. The third-order valence-corrected chi connectivity index (χ3v) is 6.44. The summed E-state index contributed by atoms with van der Waals surface area (Å²) in [5, 5.41) is 0. The second kappa shape index (κ2) is 6.56. The Labute approximate surface area is 152 Å². The van der Waals surface area contributed by atoms with E-state index in [0.29, 0.717) is 12.2 Å². The number of hydrogen-bond acceptors (Lipinski definition) is 3. The Morgan fingerprint density at radius 3 is 2.27 bits per heavy atom. The highest BCUT2D eigenvalue weighted by molar-refractivity contribution is 5.95. The van der Waals surface area contributed by atoms with Gasteiger partial charge in [-0.3, -0.25) is 20.4 Å². The molecule has 0 aromatic heterocycles. The lowest BCUT2D eigenvalue weighted by molar-refractivity contribution is -0.130. The van der Waals surface area contributed by atoms with Crippen LogP contribution in [0.15, 0.2) is 18.2 Å². The fraction of sp³-hybridized carbons (Fsp3) is 0.600. The highest BCUT2D eigenvalue weighted by atomic mass is 19.1. The van der Waals surface area contributed by atoms with Gasteiger partial charge in [-0.25, -0.2) is 4.39 Å². The van der Waals surface area contributed by atoms with Crippen molar-refractivity contribution in [2.75, 3.05) is 7.11 Å². The molecule has 26 heavy (non-hydrogen) atoms. The van der Waals surface area contributed by atoms with Crippen LogP contribution in [0.3, 0.4) is 0 Å². The Hall–Kier alpha value is -2.11. The van der Waals surface area contributed by atoms with E-state index in [-0.39, 0.29) is 16.9 Å². The molecule has 4 bridgehead atoms. The van der Waals surface area contributed by atoms with E-state index in [9.17, 15) is 14.0 Å². The first-order chi connectivity index (χ1) is 12.5. The normalized spacial score (nSPS) is 31.5. The smallest absolute Gasteiger partial charge is 0.272 e. The number of methoxy groups -OCH3 is 1. The van der Waals surface area contributed by atoms with E-state index in [0.717, 1.165) is 43.1 Å². The summed E-state index contributed by atoms with van der Waals surface area (Å²) >= 11 is 0. The molecule has 0 aliphatic heterocycles. The van der Waals surface area contributed by atoms with Gasteiger partial charge in [0.2, 0.25) is 5.91 Å². The summed E-state index contributed by atoms with van der Waals surface area (Å²) in [5.74, 6) is 1.13. The fourth-order valence-electron chi connectivity index (χ4n) is 5.89. The zero-order valence-electron chi connectivity index (χ0n) is 15.0. The van der Waals surface area contributed by atoms with Crippen molar-refractivity contribution < 1.29 is 18.7 Å². The van der Waals surface area contributed by atoms with Gasteiger partial charge < -0.3 is 4.74 Å². The van der Waals surface area contributed by atoms with Crippen molar-refractivity contribution in [2.45, 2.75) is 44.9 Å². The van der Waals surface area contributed by atoms with Crippen LogP contribution in [0.5, 0.6) is 5.75 Å². The Morgan fingerprint density at radius 2 is 1.73 bits per heavy atom. The summed E-state index contributed by atoms with van der Waals surface area (Å²) in [6.07, 6.45) is 7.83. The number of benzene rings is 1. The molecule has 0 saturated heterocycles. The molecule has 6 heteroatoms. The minimum Gasteiger partial charge on any atom is -0.497 e. The Kier molecular flexibility index (Phi) is 4.37. The van der Waals surface area contributed by atoms with E-state index in [1.807, 2.05) is 0 Å². The van der Waals surface area contributed by atoms with Crippen LogP contribution >= 0.6 is 0 Å². The number of nitrogens with one attached hydrogen (secondary N) is 2. The fourth-order valence-corrected chi connectivity index (χ4v) is 5.89. The van der Waals surface area contributed by atoms with Crippen LogP contribution < -0.4 is 15.6 Å². The number of carbonyl (C=O) groups is 2. The quantitative estimate of drug-likeness (QED) is 0.811. The topological polar surface area (TPSA) is 67.4 Å². The first-order valence-corrected chi connectivity index (χ1v) is 9.39. The van der Waals surface area contributed by atoms with Crippen molar-refractivity contribution in [2.24, 2.45) is 23.2 Å². The van der Waals surface area contributed by atoms with E-state index in [2.05, 4.69) is 10.9 Å². The number of hydrazine groups is 1. The minimum atomic E-state index is -0.683. The van der Waals surface area contributed by atoms with Crippen LogP contribution in [-0.2, 0) is 4.79 Å². The molecular formula is C20H25FN2O3. The molecule has 4 fully saturated rings. The Bertz CT molecular complexity index is 698. The number of ether oxygens (including phenoxy) is 1. The lowest BCUT2D eigenvalue weighted by Gasteiger charge is -2.56. The van der Waals surface area contributed by atoms with Crippen LogP contribution in [0.2, 0.25) is 0 Å². The largest absolute Gasteiger partial charge is 0.497 e. The maximum Gasteiger partial charge on any atom is 0.272 e. The van der Waals surface area contributed by atoms with Crippen molar-refractivity contribution in [1.82, 2.24) is 10.9 Å². The summed E-state index contributed by atoms with van der Waals surface area (Å²) in [7, 11) is 1.43. The van der Waals surface area contributed by atoms with Gasteiger partial charge >= 0.3 is 0 Å². The maximum atomic E-state index is 13.9. The van der Waals surface area contributed by atoms with E-state index in [1.54, 1.807) is 0 Å². The molecule has 0 heterocycles. The molecule has 5 nitrogen and oxygen atoms in total. The molecule has 0 radical (unpaired) electrons. The number of hydrogen-bond donors (Lipinski definition) is 2. The van der Waals surface area contributed by atoms with Crippen molar-refractivity contribution in [3.63, 3.8) is 0 Å². The predicted octanol–water partition coefficient (Wildman–Crippen LogP) is 3.20. The van der Waals surface area contributed by atoms with Crippen LogP contribution in [0.25, 0.3) is 0 Å². The van der Waals surface area contributed by atoms with Crippen molar-refractivity contribution in [3.8, 4) is 5.75 Å². The average Bonchev–Trinajstić information content (AvgIpc) is 2.58. The summed E-state index contributed by atoms with van der Waals surface area (Å²) in [6.45, 7) is 0. The number of halogens is 1. The molecule has 1 aromatic rings. The molecule has 4 saturated carbocycles. The third kappa shape index (κ3) is 3.29. The number of carbonyl (C=O) groups excluding carboxylic acids is 2. The van der Waals surface area contributed by atoms with Gasteiger partial charge in [-0.15, -0.1) is 0 Å². The molecule has 2 amide bonds. The Morgan fingerprint density at radius 1 is 1.12 bits per heavy atom. The molecular weight excluding hydrogens is 335 g/mol. The summed E-state index contributed by atoms with van der Waals surface area (Å²) < 4.78 is 18.9. The molecule has 4 aliphatic carbocycles. The second-order valence-electron chi connectivity index (χ2n) is 8.44. The van der Waals surface area contributed by atoms with Gasteiger partial charge in [0.1, 0.15) is 11.6 Å². The van der Waals surface area contributed by atoms with Gasteiger partial charge in [-0.05, 0) is 73.8 Å². The van der Waals surface area contributed by atoms with E-state index >= 15 is 0 Å². The van der Waals surface area contributed by atoms with Crippen LogP contribution in [0, 0.1) is 29.0 Å². The average molecular weight is 360 g/mol. The van der Waals surface area contributed by atoms with Gasteiger partial charge in [0.25, 0.3) is 5.91 Å². The summed E-state index contributed by atoms with van der Waals surface area (Å²) in [5.41, 5.74) is 4.80. The van der Waals surface area contributed by atoms with Crippen molar-refractivity contribution in [3.05, 3.63) is 29.6 Å². The van der Waals surface area contributed by atoms with E-state index < -0.39 is 11.7 Å². The SMILES string of the molecule is COc1ccc(C(=O)NNC(=O)CC23CC4CC(CC(C4)C2)C3)c(F)c1. The Balaban J connectivity index is 1.34. The van der Waals surface area contributed by atoms with Crippen LogP contribution in [0.4, 0.5) is 4.39 Å². The van der Waals surface area contributed by atoms with E-state index in [4.69, 9.17) is 4.74 Å². The van der Waals surface area contributed by atoms with Gasteiger partial charge in [-0.2, -0.15) is 0 Å². The van der Waals surface area contributed by atoms with Crippen LogP contribution in [0.1, 0.15) is 55.3 Å². The van der Waals surface area contributed by atoms with Gasteiger partial charge in [0.15, 0.2) is 0 Å². The van der Waals surface area contributed by atoms with Gasteiger partial charge in [-0.1, -0.05) is 0 Å². The summed E-state index contributed by atoms with van der Waals surface area (Å²) in [6, 6.07) is 4.00. The predicted molar refractivity (Wildman–Crippen MR) is 93.8 cm³/mol. The van der Waals surface area contributed by atoms with Gasteiger partial charge in [0, 0.05) is 12.5 Å². The molecule has 4 aliphatic rings. The van der Waals surface area contributed by atoms with Crippen LogP contribution in [-0.4, -0.2) is 18.9 Å². The standard InChI is InChI=1S/C20H25FN2O3/c1-26-15-2-3-16(17(21)7-15)19(25)23-22-18(24)11-20-8-12-4-13(9-20)6-14(5-12)10-20/h2-3,7,12-14H,4-6,8-11H2,1H3,(H,22,24)(H,23,25). The zero-order chi connectivity index (χ0) is 18.3. The monoisotopic (exact) mass is 360 g/mol. The van der Waals surface area contributed by atoms with Crippen molar-refractivity contribution in [1.29, 1.82) is 0 Å². The summed E-state index contributed by atoms with van der Waals surface area (Å²) in [4.78, 5) is 24.5. The van der Waals surface area contributed by atoms with E-state index in [1.165, 1.54) is 38.5 Å². The molecule has 2 N–H and O–H groups in total. The van der Waals surface area contributed by atoms with Crippen molar-refractivity contribution >= 4 is 11.8 Å². The molecule has 1 aromatic carbocycles. The number of amides is 2. The lowest BCUT2D eigenvalue weighted by Crippen LogP contribution is -2.50. The zero-order valence-corrected chi connectivity index (χ0v) is 15.0. The molecule has 5 rings (SSSR count). The molecule has 0 spiro atoms. The first-order valence-electron chi connectivity index (χ1n) is 9.39. The molecule has 140 valence electrons. The number of rotatable bonds is 4. The minimum absolute atomic E-state index is 0.106. The molecule has 0 unspecified atom stereocenters. The third-order valence-electron chi connectivity index (χ3n) is 6.44. The highest BCUT2D eigenvalue weighted by Crippen LogP contribution is 2.61. The highest BCUT2D eigenvalue weighted by Gasteiger charge is 2.51.